The number of fused-ring (bicyclic) bond motifs is 1. The molecule has 0 radical (unpaired) electrons. The van der Waals surface area contributed by atoms with Crippen molar-refractivity contribution < 1.29 is 9.90 Å². The summed E-state index contributed by atoms with van der Waals surface area (Å²) in [7, 11) is 0. The van der Waals surface area contributed by atoms with Crippen LogP contribution in [0.2, 0.25) is 0 Å². The lowest BCUT2D eigenvalue weighted by atomic mass is 9.83. The van der Waals surface area contributed by atoms with E-state index in [1.165, 1.54) is 0 Å². The lowest BCUT2D eigenvalue weighted by Gasteiger charge is -2.51. The zero-order valence-corrected chi connectivity index (χ0v) is 10.5. The van der Waals surface area contributed by atoms with E-state index in [4.69, 9.17) is 17.3 Å². The van der Waals surface area contributed by atoms with Gasteiger partial charge >= 0.3 is 5.97 Å². The van der Waals surface area contributed by atoms with Crippen molar-refractivity contribution in [3.63, 3.8) is 0 Å². The van der Waals surface area contributed by atoms with Crippen LogP contribution in [0.4, 0.5) is 0 Å². The number of aliphatic carboxylic acids is 1. The zero-order valence-electron chi connectivity index (χ0n) is 8.90. The number of allylic oxidation sites excluding steroid dienone is 1. The van der Waals surface area contributed by atoms with Crippen LogP contribution >= 0.6 is 24.0 Å². The minimum atomic E-state index is -0.861. The maximum Gasteiger partial charge on any atom is 0.353 e. The van der Waals surface area contributed by atoms with Gasteiger partial charge in [0.15, 0.2) is 0 Å². The van der Waals surface area contributed by atoms with Crippen molar-refractivity contribution in [1.82, 2.24) is 4.90 Å². The Hall–Kier alpha value is -0.550. The third-order valence-electron chi connectivity index (χ3n) is 2.90. The van der Waals surface area contributed by atoms with Crippen molar-refractivity contribution >= 4 is 34.9 Å². The smallest absolute Gasteiger partial charge is 0.353 e. The molecule has 2 heterocycles. The fraction of sp³-hybridized carbons (Fsp3) is 0.600. The summed E-state index contributed by atoms with van der Waals surface area (Å²) in [5, 5.41) is 9.34. The van der Waals surface area contributed by atoms with E-state index in [0.717, 1.165) is 16.3 Å². The van der Waals surface area contributed by atoms with E-state index in [-0.39, 0.29) is 10.8 Å². The van der Waals surface area contributed by atoms with Gasteiger partial charge in [0.05, 0.1) is 10.4 Å². The molecule has 3 nitrogen and oxygen atoms in total. The van der Waals surface area contributed by atoms with E-state index in [2.05, 4.69) is 13.8 Å². The van der Waals surface area contributed by atoms with Gasteiger partial charge in [0.1, 0.15) is 5.70 Å². The Morgan fingerprint density at radius 1 is 1.67 bits per heavy atom. The SMILES string of the molecule is CCC1=C(C(=O)O)N2C(=S)C(C)(C)[C@@H]2S1. The van der Waals surface area contributed by atoms with Crippen LogP contribution in [0.3, 0.4) is 0 Å². The molecule has 0 unspecified atom stereocenters. The molecule has 0 aliphatic carbocycles. The summed E-state index contributed by atoms with van der Waals surface area (Å²) in [5.74, 6) is -0.861. The number of carboxylic acid groups (broad SMARTS) is 1. The summed E-state index contributed by atoms with van der Waals surface area (Å²) in [6.07, 6.45) is 0.762. The maximum atomic E-state index is 11.1. The van der Waals surface area contributed by atoms with E-state index in [1.54, 1.807) is 16.7 Å². The Kier molecular flexibility index (Phi) is 2.35. The number of nitrogens with zero attached hydrogens (tertiary/aromatic N) is 1. The first-order valence-electron chi connectivity index (χ1n) is 4.88. The van der Waals surface area contributed by atoms with E-state index in [1.807, 2.05) is 6.92 Å². The molecule has 5 heteroatoms. The summed E-state index contributed by atoms with van der Waals surface area (Å²) in [4.78, 5) is 14.6. The molecule has 2 aliphatic rings. The third kappa shape index (κ3) is 1.26. The fourth-order valence-electron chi connectivity index (χ4n) is 2.00. The van der Waals surface area contributed by atoms with Gasteiger partial charge in [-0.15, -0.1) is 11.8 Å². The Bertz CT molecular complexity index is 387. The van der Waals surface area contributed by atoms with Gasteiger partial charge < -0.3 is 10.0 Å². The highest BCUT2D eigenvalue weighted by atomic mass is 32.2. The second kappa shape index (κ2) is 3.22. The molecule has 0 aromatic rings. The number of hydrogen-bond donors (Lipinski definition) is 1. The molecule has 2 aliphatic heterocycles. The summed E-state index contributed by atoms with van der Waals surface area (Å²) in [5.41, 5.74) is 0.342. The molecular formula is C10H13NO2S2. The van der Waals surface area contributed by atoms with Crippen molar-refractivity contribution in [3.05, 3.63) is 10.6 Å². The van der Waals surface area contributed by atoms with Crippen LogP contribution in [-0.4, -0.2) is 26.3 Å². The largest absolute Gasteiger partial charge is 0.477 e. The highest BCUT2D eigenvalue weighted by molar-refractivity contribution is 8.04. The van der Waals surface area contributed by atoms with Crippen LogP contribution in [0.5, 0.6) is 0 Å². The molecule has 1 atom stereocenters. The first-order valence-corrected chi connectivity index (χ1v) is 6.16. The van der Waals surface area contributed by atoms with Crippen molar-refractivity contribution in [2.45, 2.75) is 32.6 Å². The molecular weight excluding hydrogens is 230 g/mol. The quantitative estimate of drug-likeness (QED) is 0.754. The van der Waals surface area contributed by atoms with Crippen molar-refractivity contribution in [2.75, 3.05) is 0 Å². The molecule has 82 valence electrons. The van der Waals surface area contributed by atoms with Gasteiger partial charge in [-0.3, -0.25) is 0 Å². The van der Waals surface area contributed by atoms with Gasteiger partial charge in [-0.05, 0) is 6.42 Å². The highest BCUT2D eigenvalue weighted by Gasteiger charge is 2.57. The standard InChI is InChI=1S/C10H13NO2S2/c1-4-5-6(7(12)13)11-8(14)10(2,3)9(11)15-5/h9H,4H2,1-3H3,(H,12,13)/t9-/m0/s1. The molecule has 0 amide bonds. The Morgan fingerprint density at radius 3 is 2.73 bits per heavy atom. The number of rotatable bonds is 2. The summed E-state index contributed by atoms with van der Waals surface area (Å²) >= 11 is 6.91. The number of carbonyl (C=O) groups is 1. The van der Waals surface area contributed by atoms with Crippen LogP contribution in [-0.2, 0) is 4.79 Å². The molecule has 1 saturated heterocycles. The fourth-order valence-corrected chi connectivity index (χ4v) is 3.90. The van der Waals surface area contributed by atoms with E-state index >= 15 is 0 Å². The van der Waals surface area contributed by atoms with Gasteiger partial charge in [0.2, 0.25) is 0 Å². The number of thioether (sulfide) groups is 1. The molecule has 0 saturated carbocycles. The number of carboxylic acids is 1. The zero-order chi connectivity index (χ0) is 11.4. The Balaban J connectivity index is 2.38. The number of hydrogen-bond acceptors (Lipinski definition) is 3. The van der Waals surface area contributed by atoms with Gasteiger partial charge in [-0.2, -0.15) is 0 Å². The van der Waals surface area contributed by atoms with E-state index < -0.39 is 5.97 Å². The summed E-state index contributed by atoms with van der Waals surface area (Å²) in [6.45, 7) is 6.12. The monoisotopic (exact) mass is 243 g/mol. The first kappa shape index (κ1) is 11.0. The topological polar surface area (TPSA) is 40.5 Å². The van der Waals surface area contributed by atoms with Crippen molar-refractivity contribution in [3.8, 4) is 0 Å². The molecule has 1 N–H and O–H groups in total. The van der Waals surface area contributed by atoms with Gasteiger partial charge in [0, 0.05) is 10.3 Å². The van der Waals surface area contributed by atoms with Crippen molar-refractivity contribution in [2.24, 2.45) is 5.41 Å². The first-order chi connectivity index (χ1) is 6.91. The van der Waals surface area contributed by atoms with Crippen LogP contribution in [0.1, 0.15) is 27.2 Å². The van der Waals surface area contributed by atoms with E-state index in [9.17, 15) is 4.79 Å². The van der Waals surface area contributed by atoms with Crippen LogP contribution < -0.4 is 0 Å². The second-order valence-corrected chi connectivity index (χ2v) is 5.86. The molecule has 1 fully saturated rings. The molecule has 15 heavy (non-hydrogen) atoms. The average Bonchev–Trinajstić information content (AvgIpc) is 2.54. The summed E-state index contributed by atoms with van der Waals surface area (Å²) < 4.78 is 0. The molecule has 0 aromatic heterocycles. The minimum absolute atomic E-state index is 0.0579. The predicted molar refractivity (Wildman–Crippen MR) is 64.5 cm³/mol. The van der Waals surface area contributed by atoms with Crippen LogP contribution in [0.15, 0.2) is 10.6 Å². The van der Waals surface area contributed by atoms with Gasteiger partial charge in [0.25, 0.3) is 0 Å². The van der Waals surface area contributed by atoms with Gasteiger partial charge in [-0.25, -0.2) is 4.79 Å². The third-order valence-corrected chi connectivity index (χ3v) is 5.42. The van der Waals surface area contributed by atoms with Crippen LogP contribution in [0, 0.1) is 5.41 Å². The molecule has 0 bridgehead atoms. The average molecular weight is 243 g/mol. The molecule has 0 spiro atoms. The normalized spacial score (nSPS) is 27.8. The second-order valence-electron chi connectivity index (χ2n) is 4.30. The molecule has 0 aromatic carbocycles. The lowest BCUT2D eigenvalue weighted by molar-refractivity contribution is -0.134. The minimum Gasteiger partial charge on any atom is -0.477 e. The predicted octanol–water partition coefficient (Wildman–Crippen LogP) is 2.43. The van der Waals surface area contributed by atoms with Crippen molar-refractivity contribution in [1.29, 1.82) is 0 Å². The molecule has 2 rings (SSSR count). The maximum absolute atomic E-state index is 11.1. The lowest BCUT2D eigenvalue weighted by Crippen LogP contribution is -2.61. The van der Waals surface area contributed by atoms with Gasteiger partial charge in [-0.1, -0.05) is 33.0 Å². The Labute approximate surface area is 98.5 Å². The Morgan fingerprint density at radius 2 is 2.27 bits per heavy atom. The summed E-state index contributed by atoms with van der Waals surface area (Å²) in [6, 6.07) is 0. The highest BCUT2D eigenvalue weighted by Crippen LogP contribution is 2.56. The van der Waals surface area contributed by atoms with Crippen LogP contribution in [0.25, 0.3) is 0 Å². The number of thiocarbonyl (C=S) groups is 1. The van der Waals surface area contributed by atoms with E-state index in [0.29, 0.717) is 5.70 Å².